The highest BCUT2D eigenvalue weighted by Crippen LogP contribution is 2.12. The lowest BCUT2D eigenvalue weighted by Gasteiger charge is -2.04. The molecule has 2 N–H and O–H groups in total. The molecule has 0 aliphatic heterocycles. The van der Waals surface area contributed by atoms with Crippen molar-refractivity contribution >= 4 is 5.91 Å². The molecular weight excluding hydrogens is 232 g/mol. The molecule has 5 heteroatoms. The van der Waals surface area contributed by atoms with Crippen molar-refractivity contribution < 1.29 is 14.4 Å². The number of unbranched alkanes of at least 4 members (excludes halogenated alkanes) is 3. The van der Waals surface area contributed by atoms with Crippen LogP contribution in [-0.4, -0.2) is 29.3 Å². The fourth-order valence-corrected chi connectivity index (χ4v) is 1.80. The topological polar surface area (TPSA) is 75.4 Å². The molecule has 0 saturated heterocycles. The normalized spacial score (nSPS) is 10.6. The lowest BCUT2D eigenvalue weighted by molar-refractivity contribution is -0.120. The van der Waals surface area contributed by atoms with Crippen LogP contribution in [0.15, 0.2) is 4.52 Å². The third-order valence-electron chi connectivity index (χ3n) is 2.93. The van der Waals surface area contributed by atoms with Gasteiger partial charge < -0.3 is 14.9 Å². The second-order valence-electron chi connectivity index (χ2n) is 4.47. The number of amides is 1. The Labute approximate surface area is 108 Å². The SMILES string of the molecule is Cc1noc(C)c1CC(=O)NCCCCCCO. The molecule has 0 bridgehead atoms. The molecule has 0 spiro atoms. The van der Waals surface area contributed by atoms with Gasteiger partial charge in [-0.25, -0.2) is 0 Å². The van der Waals surface area contributed by atoms with Crippen LogP contribution in [0.1, 0.15) is 42.7 Å². The average Bonchev–Trinajstić information content (AvgIpc) is 2.65. The van der Waals surface area contributed by atoms with Crippen LogP contribution in [0, 0.1) is 13.8 Å². The Morgan fingerprint density at radius 1 is 1.28 bits per heavy atom. The number of aliphatic hydroxyl groups is 1. The monoisotopic (exact) mass is 254 g/mol. The van der Waals surface area contributed by atoms with Crippen molar-refractivity contribution in [3.8, 4) is 0 Å². The van der Waals surface area contributed by atoms with Crippen LogP contribution in [0.4, 0.5) is 0 Å². The summed E-state index contributed by atoms with van der Waals surface area (Å²) in [6.07, 6.45) is 4.17. The third-order valence-corrected chi connectivity index (χ3v) is 2.93. The van der Waals surface area contributed by atoms with Crippen molar-refractivity contribution in [2.24, 2.45) is 0 Å². The van der Waals surface area contributed by atoms with E-state index in [0.717, 1.165) is 36.9 Å². The van der Waals surface area contributed by atoms with Crippen molar-refractivity contribution in [3.63, 3.8) is 0 Å². The molecule has 0 aliphatic rings. The summed E-state index contributed by atoms with van der Waals surface area (Å²) in [4.78, 5) is 11.7. The zero-order chi connectivity index (χ0) is 13.4. The maximum atomic E-state index is 11.7. The van der Waals surface area contributed by atoms with Gasteiger partial charge in [0.25, 0.3) is 0 Å². The summed E-state index contributed by atoms with van der Waals surface area (Å²) in [6.45, 7) is 4.59. The lowest BCUT2D eigenvalue weighted by atomic mass is 10.1. The first-order valence-electron chi connectivity index (χ1n) is 6.44. The number of hydrogen-bond acceptors (Lipinski definition) is 4. The number of hydrogen-bond donors (Lipinski definition) is 2. The van der Waals surface area contributed by atoms with Crippen LogP contribution < -0.4 is 5.32 Å². The molecule has 0 aromatic carbocycles. The van der Waals surface area contributed by atoms with Crippen LogP contribution in [0.25, 0.3) is 0 Å². The Bertz CT molecular complexity index is 355. The molecule has 18 heavy (non-hydrogen) atoms. The third kappa shape index (κ3) is 4.87. The van der Waals surface area contributed by atoms with Crippen molar-refractivity contribution in [3.05, 3.63) is 17.0 Å². The molecule has 0 radical (unpaired) electrons. The highest BCUT2D eigenvalue weighted by Gasteiger charge is 2.12. The fourth-order valence-electron chi connectivity index (χ4n) is 1.80. The largest absolute Gasteiger partial charge is 0.396 e. The Morgan fingerprint density at radius 3 is 2.61 bits per heavy atom. The quantitative estimate of drug-likeness (QED) is 0.689. The molecule has 1 aromatic rings. The molecular formula is C13H22N2O3. The smallest absolute Gasteiger partial charge is 0.224 e. The van der Waals surface area contributed by atoms with E-state index in [4.69, 9.17) is 9.63 Å². The van der Waals surface area contributed by atoms with Gasteiger partial charge >= 0.3 is 0 Å². The van der Waals surface area contributed by atoms with Crippen LogP contribution in [0.5, 0.6) is 0 Å². The predicted octanol–water partition coefficient (Wildman–Crippen LogP) is 1.50. The second-order valence-corrected chi connectivity index (χ2v) is 4.47. The van der Waals surface area contributed by atoms with E-state index in [1.165, 1.54) is 0 Å². The molecule has 0 atom stereocenters. The minimum absolute atomic E-state index is 0.00607. The Hall–Kier alpha value is -1.36. The highest BCUT2D eigenvalue weighted by molar-refractivity contribution is 5.78. The van der Waals surface area contributed by atoms with E-state index in [2.05, 4.69) is 10.5 Å². The van der Waals surface area contributed by atoms with Gasteiger partial charge in [-0.1, -0.05) is 18.0 Å². The van der Waals surface area contributed by atoms with Crippen molar-refractivity contribution in [1.82, 2.24) is 10.5 Å². The lowest BCUT2D eigenvalue weighted by Crippen LogP contribution is -2.26. The zero-order valence-corrected chi connectivity index (χ0v) is 11.2. The first-order chi connectivity index (χ1) is 8.65. The van der Waals surface area contributed by atoms with Crippen molar-refractivity contribution in [2.75, 3.05) is 13.2 Å². The number of aryl methyl sites for hydroxylation is 2. The second kappa shape index (κ2) is 7.87. The molecule has 1 amide bonds. The van der Waals surface area contributed by atoms with Crippen molar-refractivity contribution in [2.45, 2.75) is 46.0 Å². The van der Waals surface area contributed by atoms with Gasteiger partial charge in [0.05, 0.1) is 12.1 Å². The number of aromatic nitrogens is 1. The zero-order valence-electron chi connectivity index (χ0n) is 11.2. The van der Waals surface area contributed by atoms with Gasteiger partial charge in [0.1, 0.15) is 5.76 Å². The maximum absolute atomic E-state index is 11.7. The Kier molecular flexibility index (Phi) is 6.43. The summed E-state index contributed by atoms with van der Waals surface area (Å²) in [5.74, 6) is 0.720. The van der Waals surface area contributed by atoms with Gasteiger partial charge in [-0.3, -0.25) is 4.79 Å². The number of rotatable bonds is 8. The standard InChI is InChI=1S/C13H22N2O3/c1-10-12(11(2)18-15-10)9-13(17)14-7-5-3-4-6-8-16/h16H,3-9H2,1-2H3,(H,14,17). The summed E-state index contributed by atoms with van der Waals surface area (Å²) in [5, 5.41) is 15.3. The average molecular weight is 254 g/mol. The van der Waals surface area contributed by atoms with Crippen molar-refractivity contribution in [1.29, 1.82) is 0 Å². The molecule has 0 fully saturated rings. The number of nitrogens with one attached hydrogen (secondary N) is 1. The van der Waals surface area contributed by atoms with Crippen LogP contribution >= 0.6 is 0 Å². The molecule has 5 nitrogen and oxygen atoms in total. The van der Waals surface area contributed by atoms with E-state index in [1.54, 1.807) is 0 Å². The van der Waals surface area contributed by atoms with Crippen LogP contribution in [-0.2, 0) is 11.2 Å². The number of carbonyl (C=O) groups is 1. The molecule has 102 valence electrons. The summed E-state index contributed by atoms with van der Waals surface area (Å²) >= 11 is 0. The molecule has 0 saturated carbocycles. The number of aliphatic hydroxyl groups excluding tert-OH is 1. The van der Waals surface area contributed by atoms with E-state index < -0.39 is 0 Å². The predicted molar refractivity (Wildman–Crippen MR) is 68.2 cm³/mol. The van der Waals surface area contributed by atoms with Gasteiger partial charge in [0, 0.05) is 18.7 Å². The van der Waals surface area contributed by atoms with E-state index in [0.29, 0.717) is 18.7 Å². The van der Waals surface area contributed by atoms with Gasteiger partial charge in [-0.15, -0.1) is 0 Å². The first kappa shape index (κ1) is 14.7. The van der Waals surface area contributed by atoms with Gasteiger partial charge in [-0.05, 0) is 26.7 Å². The Balaban J connectivity index is 2.18. The summed E-state index contributed by atoms with van der Waals surface area (Å²) in [5.41, 5.74) is 1.67. The molecule has 1 heterocycles. The molecule has 1 rings (SSSR count). The molecule has 1 aromatic heterocycles. The van der Waals surface area contributed by atoms with E-state index >= 15 is 0 Å². The van der Waals surface area contributed by atoms with Gasteiger partial charge in [0.15, 0.2) is 0 Å². The maximum Gasteiger partial charge on any atom is 0.224 e. The number of carbonyl (C=O) groups excluding carboxylic acids is 1. The highest BCUT2D eigenvalue weighted by atomic mass is 16.5. The van der Waals surface area contributed by atoms with Crippen LogP contribution in [0.2, 0.25) is 0 Å². The molecule has 0 aliphatic carbocycles. The van der Waals surface area contributed by atoms with E-state index in [-0.39, 0.29) is 12.5 Å². The van der Waals surface area contributed by atoms with Crippen LogP contribution in [0.3, 0.4) is 0 Å². The Morgan fingerprint density at radius 2 is 2.00 bits per heavy atom. The van der Waals surface area contributed by atoms with Gasteiger partial charge in [0.2, 0.25) is 5.91 Å². The molecule has 0 unspecified atom stereocenters. The van der Waals surface area contributed by atoms with E-state index in [1.807, 2.05) is 13.8 Å². The number of nitrogens with zero attached hydrogens (tertiary/aromatic N) is 1. The minimum atomic E-state index is 0.00607. The first-order valence-corrected chi connectivity index (χ1v) is 6.44. The summed E-state index contributed by atoms with van der Waals surface area (Å²) < 4.78 is 5.01. The van der Waals surface area contributed by atoms with E-state index in [9.17, 15) is 4.79 Å². The van der Waals surface area contributed by atoms with Gasteiger partial charge in [-0.2, -0.15) is 0 Å². The summed E-state index contributed by atoms with van der Waals surface area (Å²) in [6, 6.07) is 0. The fraction of sp³-hybridized carbons (Fsp3) is 0.692. The minimum Gasteiger partial charge on any atom is -0.396 e. The summed E-state index contributed by atoms with van der Waals surface area (Å²) in [7, 11) is 0.